The first-order chi connectivity index (χ1) is 9.08. The zero-order chi connectivity index (χ0) is 13.8. The summed E-state index contributed by atoms with van der Waals surface area (Å²) in [6, 6.07) is 5.04. The Morgan fingerprint density at radius 3 is 3.00 bits per heavy atom. The maximum absolute atomic E-state index is 11.9. The second-order valence-electron chi connectivity index (χ2n) is 4.04. The zero-order valence-corrected chi connectivity index (χ0v) is 12.1. The van der Waals surface area contributed by atoms with Crippen LogP contribution >= 0.6 is 15.9 Å². The van der Waals surface area contributed by atoms with E-state index in [1.165, 1.54) is 0 Å². The maximum atomic E-state index is 11.9. The minimum atomic E-state index is -0.392. The Kier molecular flexibility index (Phi) is 4.21. The Labute approximate surface area is 119 Å². The van der Waals surface area contributed by atoms with Crippen molar-refractivity contribution in [2.24, 2.45) is 0 Å². The summed E-state index contributed by atoms with van der Waals surface area (Å²) in [5.74, 6) is 0.498. The first kappa shape index (κ1) is 13.6. The molecular weight excluding hydrogens is 310 g/mol. The van der Waals surface area contributed by atoms with Crippen LogP contribution in [0.5, 0.6) is 0 Å². The minimum absolute atomic E-state index is 0.289. The van der Waals surface area contributed by atoms with Gasteiger partial charge in [-0.1, -0.05) is 0 Å². The monoisotopic (exact) mass is 323 g/mol. The van der Waals surface area contributed by atoms with Crippen LogP contribution in [0.25, 0.3) is 0 Å². The Bertz CT molecular complexity index is 595. The Morgan fingerprint density at radius 2 is 2.32 bits per heavy atom. The molecule has 0 fully saturated rings. The number of anilines is 1. The van der Waals surface area contributed by atoms with Gasteiger partial charge in [-0.05, 0) is 41.1 Å². The van der Waals surface area contributed by atoms with Crippen molar-refractivity contribution >= 4 is 27.6 Å². The van der Waals surface area contributed by atoms with Crippen molar-refractivity contribution in [2.45, 2.75) is 13.5 Å². The number of carbonyl (C=O) groups is 1. The average molecular weight is 324 g/mol. The molecule has 0 atom stereocenters. The van der Waals surface area contributed by atoms with Crippen LogP contribution in [0.2, 0.25) is 0 Å². The topological polar surface area (TPSA) is 70.1 Å². The van der Waals surface area contributed by atoms with Crippen LogP contribution in [0.1, 0.15) is 16.2 Å². The number of aryl methyl sites for hydroxylation is 1. The van der Waals surface area contributed by atoms with Crippen molar-refractivity contribution in [3.8, 4) is 0 Å². The summed E-state index contributed by atoms with van der Waals surface area (Å²) in [6.07, 6.45) is 3.56. The lowest BCUT2D eigenvalue weighted by Gasteiger charge is -2.08. The van der Waals surface area contributed by atoms with Gasteiger partial charge in [0, 0.05) is 22.6 Å². The van der Waals surface area contributed by atoms with Gasteiger partial charge in [-0.2, -0.15) is 0 Å². The number of esters is 1. The molecular formula is C13H14BrN3O2. The highest BCUT2D eigenvalue weighted by Crippen LogP contribution is 2.20. The quantitative estimate of drug-likeness (QED) is 0.692. The van der Waals surface area contributed by atoms with E-state index in [-0.39, 0.29) is 6.61 Å². The summed E-state index contributed by atoms with van der Waals surface area (Å²) in [5, 5.41) is 0. The molecule has 5 nitrogen and oxygen atoms in total. The number of benzene rings is 1. The van der Waals surface area contributed by atoms with E-state index < -0.39 is 5.97 Å². The number of carbonyl (C=O) groups excluding carboxylic acids is 1. The number of rotatable bonds is 4. The molecule has 19 heavy (non-hydrogen) atoms. The lowest BCUT2D eigenvalue weighted by molar-refractivity contribution is 0.0489. The zero-order valence-electron chi connectivity index (χ0n) is 10.5. The highest BCUT2D eigenvalue weighted by Gasteiger charge is 2.11. The largest absolute Gasteiger partial charge is 0.460 e. The number of aromatic nitrogens is 2. The molecule has 0 amide bonds. The van der Waals surface area contributed by atoms with E-state index in [1.807, 2.05) is 17.7 Å². The van der Waals surface area contributed by atoms with Gasteiger partial charge in [0.25, 0.3) is 0 Å². The van der Waals surface area contributed by atoms with Crippen molar-refractivity contribution in [2.75, 3.05) is 12.3 Å². The molecule has 0 unspecified atom stereocenters. The lowest BCUT2D eigenvalue weighted by atomic mass is 10.2. The van der Waals surface area contributed by atoms with Crippen molar-refractivity contribution in [3.63, 3.8) is 0 Å². The van der Waals surface area contributed by atoms with E-state index in [4.69, 9.17) is 10.5 Å². The van der Waals surface area contributed by atoms with Gasteiger partial charge < -0.3 is 15.0 Å². The summed E-state index contributed by atoms with van der Waals surface area (Å²) in [6.45, 7) is 2.77. The SMILES string of the molecule is Cc1nccn1CCOC(=O)c1cc(N)ccc1Br. The molecule has 0 aliphatic carbocycles. The molecule has 0 spiro atoms. The third-order valence-corrected chi connectivity index (χ3v) is 3.39. The normalized spacial score (nSPS) is 10.4. The van der Waals surface area contributed by atoms with E-state index in [0.29, 0.717) is 22.3 Å². The van der Waals surface area contributed by atoms with Crippen LogP contribution < -0.4 is 5.73 Å². The fourth-order valence-corrected chi connectivity index (χ4v) is 2.06. The number of hydrogen-bond donors (Lipinski definition) is 1. The highest BCUT2D eigenvalue weighted by molar-refractivity contribution is 9.10. The van der Waals surface area contributed by atoms with Gasteiger partial charge in [-0.3, -0.25) is 0 Å². The second-order valence-corrected chi connectivity index (χ2v) is 4.90. The first-order valence-electron chi connectivity index (χ1n) is 5.78. The lowest BCUT2D eigenvalue weighted by Crippen LogP contribution is -2.12. The first-order valence-corrected chi connectivity index (χ1v) is 6.57. The van der Waals surface area contributed by atoms with Crippen LogP contribution in [0.15, 0.2) is 35.1 Å². The molecule has 0 saturated carbocycles. The number of ether oxygens (including phenoxy) is 1. The van der Waals surface area contributed by atoms with Gasteiger partial charge in [0.1, 0.15) is 12.4 Å². The minimum Gasteiger partial charge on any atom is -0.460 e. The van der Waals surface area contributed by atoms with E-state index in [9.17, 15) is 4.79 Å². The average Bonchev–Trinajstić information content (AvgIpc) is 2.78. The molecule has 0 bridgehead atoms. The predicted octanol–water partition coefficient (Wildman–Crippen LogP) is 2.39. The molecule has 0 radical (unpaired) electrons. The molecule has 2 rings (SSSR count). The van der Waals surface area contributed by atoms with Gasteiger partial charge in [-0.15, -0.1) is 0 Å². The summed E-state index contributed by atoms with van der Waals surface area (Å²) < 4.78 is 7.81. The molecule has 1 aromatic heterocycles. The number of nitrogen functional groups attached to an aromatic ring is 1. The van der Waals surface area contributed by atoms with Gasteiger partial charge in [0.15, 0.2) is 0 Å². The molecule has 0 saturated heterocycles. The van der Waals surface area contributed by atoms with Crippen LogP contribution in [0.3, 0.4) is 0 Å². The van der Waals surface area contributed by atoms with Gasteiger partial charge in [0.05, 0.1) is 12.1 Å². The molecule has 0 aliphatic rings. The number of nitrogens with zero attached hydrogens (tertiary/aromatic N) is 2. The van der Waals surface area contributed by atoms with E-state index >= 15 is 0 Å². The standard InChI is InChI=1S/C13H14BrN3O2/c1-9-16-4-5-17(9)6-7-19-13(18)11-8-10(15)2-3-12(11)14/h2-5,8H,6-7,15H2,1H3. The third-order valence-electron chi connectivity index (χ3n) is 2.70. The molecule has 2 N–H and O–H groups in total. The maximum Gasteiger partial charge on any atom is 0.339 e. The van der Waals surface area contributed by atoms with Gasteiger partial charge in [0.2, 0.25) is 0 Å². The Hall–Kier alpha value is -1.82. The smallest absolute Gasteiger partial charge is 0.339 e. The van der Waals surface area contributed by atoms with Gasteiger partial charge >= 0.3 is 5.97 Å². The summed E-state index contributed by atoms with van der Waals surface area (Å²) in [7, 11) is 0. The van der Waals surface area contributed by atoms with E-state index in [1.54, 1.807) is 24.4 Å². The van der Waals surface area contributed by atoms with Crippen molar-refractivity contribution in [3.05, 3.63) is 46.5 Å². The highest BCUT2D eigenvalue weighted by atomic mass is 79.9. The van der Waals surface area contributed by atoms with Crippen LogP contribution in [0.4, 0.5) is 5.69 Å². The predicted molar refractivity (Wildman–Crippen MR) is 75.8 cm³/mol. The Balaban J connectivity index is 1.94. The van der Waals surface area contributed by atoms with Crippen molar-refractivity contribution in [1.29, 1.82) is 0 Å². The molecule has 1 aromatic carbocycles. The fraction of sp³-hybridized carbons (Fsp3) is 0.231. The summed E-state index contributed by atoms with van der Waals surface area (Å²) >= 11 is 3.30. The molecule has 6 heteroatoms. The number of halogens is 1. The van der Waals surface area contributed by atoms with Crippen LogP contribution in [0, 0.1) is 6.92 Å². The second kappa shape index (κ2) is 5.88. The fourth-order valence-electron chi connectivity index (χ4n) is 1.65. The van der Waals surface area contributed by atoms with E-state index in [2.05, 4.69) is 20.9 Å². The number of hydrogen-bond acceptors (Lipinski definition) is 4. The van der Waals surface area contributed by atoms with Crippen molar-refractivity contribution in [1.82, 2.24) is 9.55 Å². The number of imidazole rings is 1. The van der Waals surface area contributed by atoms with E-state index in [0.717, 1.165) is 5.82 Å². The van der Waals surface area contributed by atoms with Crippen molar-refractivity contribution < 1.29 is 9.53 Å². The molecule has 1 heterocycles. The van der Waals surface area contributed by atoms with Crippen LogP contribution in [-0.2, 0) is 11.3 Å². The summed E-state index contributed by atoms with van der Waals surface area (Å²) in [5.41, 5.74) is 6.61. The molecule has 0 aliphatic heterocycles. The third kappa shape index (κ3) is 3.35. The molecule has 100 valence electrons. The Morgan fingerprint density at radius 1 is 1.53 bits per heavy atom. The molecule has 2 aromatic rings. The van der Waals surface area contributed by atoms with Crippen LogP contribution in [-0.4, -0.2) is 22.1 Å². The summed E-state index contributed by atoms with van der Waals surface area (Å²) in [4.78, 5) is 16.0. The number of nitrogens with two attached hydrogens (primary N) is 1. The van der Waals surface area contributed by atoms with Gasteiger partial charge in [-0.25, -0.2) is 9.78 Å².